The molecule has 0 fully saturated rings. The van der Waals surface area contributed by atoms with E-state index >= 15 is 0 Å². The number of nitrogens with zero attached hydrogens (tertiary/aromatic N) is 3. The Morgan fingerprint density at radius 2 is 2.11 bits per heavy atom. The predicted octanol–water partition coefficient (Wildman–Crippen LogP) is 1.71. The Balaban J connectivity index is 2.93. The Hall–Kier alpha value is -2.22. The summed E-state index contributed by atoms with van der Waals surface area (Å²) in [6.07, 6.45) is 0.338. The second-order valence-electron chi connectivity index (χ2n) is 4.46. The van der Waals surface area contributed by atoms with Crippen molar-refractivity contribution in [1.29, 1.82) is 5.26 Å². The number of nitrogens with two attached hydrogens (primary N) is 1. The minimum atomic E-state index is -0.0882. The van der Waals surface area contributed by atoms with Crippen LogP contribution in [-0.4, -0.2) is 38.0 Å². The number of carbonyl (C=O) groups excluding carboxylic acids is 1. The van der Waals surface area contributed by atoms with Crippen molar-refractivity contribution in [2.75, 3.05) is 37.8 Å². The number of nitriles is 1. The summed E-state index contributed by atoms with van der Waals surface area (Å²) in [5.74, 6) is -0.0882. The Bertz CT molecular complexity index is 491. The summed E-state index contributed by atoms with van der Waals surface area (Å²) >= 11 is 0. The minimum Gasteiger partial charge on any atom is -0.397 e. The standard InChI is InChI=1S/C14H20N4O/c1-4-18(9-5-8-15)14(19)11-6-7-13(17(2)3)12(16)10-11/h6-7,10H,4-5,9,16H2,1-3H3. The molecule has 0 bridgehead atoms. The number of carbonyl (C=O) groups is 1. The minimum absolute atomic E-state index is 0.0882. The van der Waals surface area contributed by atoms with Crippen LogP contribution in [-0.2, 0) is 0 Å². The Morgan fingerprint density at radius 3 is 2.58 bits per heavy atom. The molecule has 0 atom stereocenters. The van der Waals surface area contributed by atoms with Gasteiger partial charge in [-0.3, -0.25) is 4.79 Å². The number of rotatable bonds is 5. The maximum Gasteiger partial charge on any atom is 0.253 e. The number of anilines is 2. The lowest BCUT2D eigenvalue weighted by Crippen LogP contribution is -2.31. The number of hydrogen-bond donors (Lipinski definition) is 1. The molecule has 0 aliphatic rings. The summed E-state index contributed by atoms with van der Waals surface area (Å²) in [6, 6.07) is 7.34. The summed E-state index contributed by atoms with van der Waals surface area (Å²) in [7, 11) is 3.80. The smallest absolute Gasteiger partial charge is 0.253 e. The van der Waals surface area contributed by atoms with Gasteiger partial charge in [0.15, 0.2) is 0 Å². The fourth-order valence-electron chi connectivity index (χ4n) is 1.87. The average molecular weight is 260 g/mol. The molecule has 0 aromatic heterocycles. The second-order valence-corrected chi connectivity index (χ2v) is 4.46. The van der Waals surface area contributed by atoms with Crippen molar-refractivity contribution in [3.05, 3.63) is 23.8 Å². The third-order valence-corrected chi connectivity index (χ3v) is 2.92. The van der Waals surface area contributed by atoms with E-state index in [0.29, 0.717) is 30.8 Å². The number of amides is 1. The molecule has 0 aliphatic heterocycles. The molecule has 0 saturated carbocycles. The van der Waals surface area contributed by atoms with E-state index in [1.54, 1.807) is 17.0 Å². The van der Waals surface area contributed by atoms with Crippen molar-refractivity contribution in [3.8, 4) is 6.07 Å². The fourth-order valence-corrected chi connectivity index (χ4v) is 1.87. The van der Waals surface area contributed by atoms with Gasteiger partial charge in [0.1, 0.15) is 0 Å². The monoisotopic (exact) mass is 260 g/mol. The number of nitrogen functional groups attached to an aromatic ring is 1. The van der Waals surface area contributed by atoms with Gasteiger partial charge in [-0.25, -0.2) is 0 Å². The third-order valence-electron chi connectivity index (χ3n) is 2.92. The van der Waals surface area contributed by atoms with E-state index in [2.05, 4.69) is 0 Å². The average Bonchev–Trinajstić information content (AvgIpc) is 2.38. The lowest BCUT2D eigenvalue weighted by Gasteiger charge is -2.21. The predicted molar refractivity (Wildman–Crippen MR) is 77.0 cm³/mol. The molecule has 5 heteroatoms. The zero-order valence-electron chi connectivity index (χ0n) is 11.7. The molecule has 0 saturated heterocycles. The van der Waals surface area contributed by atoms with Crippen LogP contribution >= 0.6 is 0 Å². The van der Waals surface area contributed by atoms with Gasteiger partial charge < -0.3 is 15.5 Å². The van der Waals surface area contributed by atoms with Gasteiger partial charge in [0, 0.05) is 32.7 Å². The maximum absolute atomic E-state index is 12.3. The topological polar surface area (TPSA) is 73.4 Å². The Morgan fingerprint density at radius 1 is 1.42 bits per heavy atom. The molecule has 102 valence electrons. The zero-order valence-corrected chi connectivity index (χ0v) is 11.7. The van der Waals surface area contributed by atoms with Crippen LogP contribution in [0, 0.1) is 11.3 Å². The highest BCUT2D eigenvalue weighted by atomic mass is 16.2. The highest BCUT2D eigenvalue weighted by Gasteiger charge is 2.15. The molecule has 1 aromatic carbocycles. The van der Waals surface area contributed by atoms with E-state index in [1.807, 2.05) is 38.1 Å². The van der Waals surface area contributed by atoms with Crippen LogP contribution < -0.4 is 10.6 Å². The molecule has 1 rings (SSSR count). The summed E-state index contributed by atoms with van der Waals surface area (Å²) in [5, 5.41) is 8.59. The summed E-state index contributed by atoms with van der Waals surface area (Å²) < 4.78 is 0. The molecule has 19 heavy (non-hydrogen) atoms. The van der Waals surface area contributed by atoms with Gasteiger partial charge in [-0.15, -0.1) is 0 Å². The van der Waals surface area contributed by atoms with Crippen LogP contribution in [0.2, 0.25) is 0 Å². The van der Waals surface area contributed by atoms with Gasteiger partial charge in [0.2, 0.25) is 0 Å². The molecular formula is C14H20N4O. The first-order chi connectivity index (χ1) is 9.01. The maximum atomic E-state index is 12.3. The third kappa shape index (κ3) is 3.62. The van der Waals surface area contributed by atoms with Gasteiger partial charge in [0.25, 0.3) is 5.91 Å². The van der Waals surface area contributed by atoms with E-state index in [4.69, 9.17) is 11.0 Å². The number of benzene rings is 1. The van der Waals surface area contributed by atoms with Gasteiger partial charge in [-0.05, 0) is 25.1 Å². The van der Waals surface area contributed by atoms with Crippen molar-refractivity contribution in [2.45, 2.75) is 13.3 Å². The molecule has 0 heterocycles. The highest BCUT2D eigenvalue weighted by Crippen LogP contribution is 2.23. The molecule has 0 aliphatic carbocycles. The largest absolute Gasteiger partial charge is 0.397 e. The van der Waals surface area contributed by atoms with E-state index in [-0.39, 0.29) is 5.91 Å². The SMILES string of the molecule is CCN(CCC#N)C(=O)c1ccc(N(C)C)c(N)c1. The van der Waals surface area contributed by atoms with Crippen molar-refractivity contribution in [1.82, 2.24) is 4.90 Å². The quantitative estimate of drug-likeness (QED) is 0.818. The lowest BCUT2D eigenvalue weighted by molar-refractivity contribution is 0.0768. The first-order valence-corrected chi connectivity index (χ1v) is 6.24. The van der Waals surface area contributed by atoms with Crippen molar-refractivity contribution < 1.29 is 4.79 Å². The van der Waals surface area contributed by atoms with Crippen LogP contribution in [0.4, 0.5) is 11.4 Å². The fraction of sp³-hybridized carbons (Fsp3) is 0.429. The first-order valence-electron chi connectivity index (χ1n) is 6.24. The van der Waals surface area contributed by atoms with Gasteiger partial charge in [0.05, 0.1) is 23.9 Å². The lowest BCUT2D eigenvalue weighted by atomic mass is 10.1. The van der Waals surface area contributed by atoms with Gasteiger partial charge in [-0.2, -0.15) is 5.26 Å². The molecule has 0 radical (unpaired) electrons. The molecule has 1 amide bonds. The highest BCUT2D eigenvalue weighted by molar-refractivity contribution is 5.96. The second kappa shape index (κ2) is 6.64. The normalized spacial score (nSPS) is 9.79. The summed E-state index contributed by atoms with van der Waals surface area (Å²) in [5.41, 5.74) is 7.96. The molecule has 1 aromatic rings. The first kappa shape index (κ1) is 14.8. The van der Waals surface area contributed by atoms with E-state index in [9.17, 15) is 4.79 Å². The van der Waals surface area contributed by atoms with Crippen LogP contribution in [0.5, 0.6) is 0 Å². The van der Waals surface area contributed by atoms with E-state index in [0.717, 1.165) is 5.69 Å². The van der Waals surface area contributed by atoms with Crippen molar-refractivity contribution in [3.63, 3.8) is 0 Å². The van der Waals surface area contributed by atoms with Crippen LogP contribution in [0.1, 0.15) is 23.7 Å². The van der Waals surface area contributed by atoms with Crippen LogP contribution in [0.3, 0.4) is 0 Å². The molecule has 5 nitrogen and oxygen atoms in total. The van der Waals surface area contributed by atoms with E-state index in [1.165, 1.54) is 0 Å². The molecule has 2 N–H and O–H groups in total. The molecular weight excluding hydrogens is 240 g/mol. The van der Waals surface area contributed by atoms with Crippen LogP contribution in [0.25, 0.3) is 0 Å². The van der Waals surface area contributed by atoms with Gasteiger partial charge >= 0.3 is 0 Å². The summed E-state index contributed by atoms with van der Waals surface area (Å²) in [6.45, 7) is 2.92. The van der Waals surface area contributed by atoms with Gasteiger partial charge in [-0.1, -0.05) is 0 Å². The van der Waals surface area contributed by atoms with Crippen molar-refractivity contribution >= 4 is 17.3 Å². The molecule has 0 unspecified atom stereocenters. The molecule has 0 spiro atoms. The van der Waals surface area contributed by atoms with Crippen molar-refractivity contribution in [2.24, 2.45) is 0 Å². The zero-order chi connectivity index (χ0) is 14.4. The number of hydrogen-bond acceptors (Lipinski definition) is 4. The summed E-state index contributed by atoms with van der Waals surface area (Å²) in [4.78, 5) is 15.8. The van der Waals surface area contributed by atoms with Crippen LogP contribution in [0.15, 0.2) is 18.2 Å². The Kier molecular flexibility index (Phi) is 5.19. The van der Waals surface area contributed by atoms with E-state index < -0.39 is 0 Å². The Labute approximate surface area is 114 Å².